The van der Waals surface area contributed by atoms with Crippen molar-refractivity contribution < 1.29 is 13.2 Å². The molecule has 1 aliphatic rings. The summed E-state index contributed by atoms with van der Waals surface area (Å²) in [5, 5.41) is 6.84. The highest BCUT2D eigenvalue weighted by Gasteiger charge is 2.29. The molecule has 3 heterocycles. The number of hydrogen-bond acceptors (Lipinski definition) is 5. The average molecular weight is 392 g/mol. The largest absolute Gasteiger partial charge is 0.352 e. The topological polar surface area (TPSA) is 79.4 Å². The summed E-state index contributed by atoms with van der Waals surface area (Å²) < 4.78 is 26.6. The summed E-state index contributed by atoms with van der Waals surface area (Å²) in [5.74, 6) is 0.162. The third-order valence-electron chi connectivity index (χ3n) is 4.38. The summed E-state index contributed by atoms with van der Waals surface area (Å²) in [6.45, 7) is 1.48. The summed E-state index contributed by atoms with van der Waals surface area (Å²) in [4.78, 5) is 16.0. The fourth-order valence-corrected chi connectivity index (χ4v) is 4.91. The van der Waals surface area contributed by atoms with Gasteiger partial charge in [0.25, 0.3) is 0 Å². The lowest BCUT2D eigenvalue weighted by Gasteiger charge is -2.31. The molecule has 0 aliphatic carbocycles. The van der Waals surface area contributed by atoms with Gasteiger partial charge in [-0.15, -0.1) is 0 Å². The second-order valence-electron chi connectivity index (χ2n) is 6.17. The van der Waals surface area contributed by atoms with E-state index in [0.29, 0.717) is 19.6 Å². The molecule has 0 aromatic carbocycles. The first-order valence-electron chi connectivity index (χ1n) is 8.44. The van der Waals surface area contributed by atoms with Crippen LogP contribution in [0.5, 0.6) is 0 Å². The van der Waals surface area contributed by atoms with Crippen LogP contribution in [0.1, 0.15) is 18.4 Å². The maximum absolute atomic E-state index is 12.6. The van der Waals surface area contributed by atoms with Crippen molar-refractivity contribution in [1.82, 2.24) is 14.6 Å². The fourth-order valence-electron chi connectivity index (χ4n) is 2.85. The zero-order valence-corrected chi connectivity index (χ0v) is 15.9. The van der Waals surface area contributed by atoms with Crippen molar-refractivity contribution in [2.75, 3.05) is 19.6 Å². The highest BCUT2D eigenvalue weighted by atomic mass is 32.2. The van der Waals surface area contributed by atoms with Gasteiger partial charge in [-0.05, 0) is 59.4 Å². The van der Waals surface area contributed by atoms with Gasteiger partial charge in [0.05, 0.1) is 0 Å². The molecule has 26 heavy (non-hydrogen) atoms. The number of pyridine rings is 1. The summed E-state index contributed by atoms with van der Waals surface area (Å²) in [5.41, 5.74) is 1.01. The minimum atomic E-state index is -3.48. The third-order valence-corrected chi connectivity index (χ3v) is 6.96. The van der Waals surface area contributed by atoms with Gasteiger partial charge < -0.3 is 5.32 Å². The molecule has 1 fully saturated rings. The van der Waals surface area contributed by atoms with Crippen molar-refractivity contribution in [2.45, 2.75) is 17.7 Å². The zero-order valence-electron chi connectivity index (χ0n) is 14.2. The van der Waals surface area contributed by atoms with Crippen molar-refractivity contribution in [3.63, 3.8) is 0 Å². The normalized spacial score (nSPS) is 16.8. The highest BCUT2D eigenvalue weighted by Crippen LogP contribution is 2.23. The van der Waals surface area contributed by atoms with Crippen LogP contribution in [0, 0.1) is 5.92 Å². The maximum Gasteiger partial charge on any atom is 0.244 e. The Kier molecular flexibility index (Phi) is 6.18. The molecule has 0 spiro atoms. The minimum absolute atomic E-state index is 0.124. The van der Waals surface area contributed by atoms with Gasteiger partial charge in [-0.25, -0.2) is 8.42 Å². The Balaban J connectivity index is 1.46. The van der Waals surface area contributed by atoms with Crippen molar-refractivity contribution in [1.29, 1.82) is 0 Å². The van der Waals surface area contributed by atoms with Crippen LogP contribution in [0.25, 0.3) is 6.08 Å². The van der Waals surface area contributed by atoms with Crippen LogP contribution in [0.15, 0.2) is 52.3 Å². The number of hydrogen-bond donors (Lipinski definition) is 1. The van der Waals surface area contributed by atoms with Crippen LogP contribution in [-0.4, -0.2) is 43.2 Å². The second kappa shape index (κ2) is 8.57. The molecule has 2 aromatic heterocycles. The minimum Gasteiger partial charge on any atom is -0.352 e. The standard InChI is InChI=1S/C18H21N3O3S2/c22-18(4-3-16-7-11-25-14-16)20-12-15-5-9-21(10-6-15)26(23,24)17-2-1-8-19-13-17/h1-4,7-8,11,13-15H,5-6,9-10,12H2,(H,20,22). The van der Waals surface area contributed by atoms with E-state index in [-0.39, 0.29) is 16.7 Å². The number of carbonyl (C=O) groups excluding carboxylic acids is 1. The van der Waals surface area contributed by atoms with Gasteiger partial charge in [-0.1, -0.05) is 0 Å². The lowest BCUT2D eigenvalue weighted by Crippen LogP contribution is -2.41. The van der Waals surface area contributed by atoms with Gasteiger partial charge in [0, 0.05) is 38.1 Å². The fraction of sp³-hybridized carbons (Fsp3) is 0.333. The van der Waals surface area contributed by atoms with E-state index in [9.17, 15) is 13.2 Å². The van der Waals surface area contributed by atoms with E-state index in [1.165, 1.54) is 16.6 Å². The number of piperidine rings is 1. The molecule has 138 valence electrons. The van der Waals surface area contributed by atoms with Gasteiger partial charge >= 0.3 is 0 Å². The van der Waals surface area contributed by atoms with E-state index < -0.39 is 10.0 Å². The number of sulfonamides is 1. The van der Waals surface area contributed by atoms with Crippen molar-refractivity contribution in [2.24, 2.45) is 5.92 Å². The number of aromatic nitrogens is 1. The van der Waals surface area contributed by atoms with Crippen LogP contribution in [0.3, 0.4) is 0 Å². The van der Waals surface area contributed by atoms with Crippen LogP contribution in [-0.2, 0) is 14.8 Å². The number of amides is 1. The molecule has 1 saturated heterocycles. The monoisotopic (exact) mass is 391 g/mol. The third kappa shape index (κ3) is 4.78. The van der Waals surface area contributed by atoms with E-state index >= 15 is 0 Å². The quantitative estimate of drug-likeness (QED) is 0.767. The predicted octanol–water partition coefficient (Wildman–Crippen LogP) is 2.37. The van der Waals surface area contributed by atoms with E-state index in [2.05, 4.69) is 10.3 Å². The number of nitrogens with one attached hydrogen (secondary N) is 1. The number of rotatable bonds is 6. The Bertz CT molecular complexity index is 841. The van der Waals surface area contributed by atoms with Gasteiger partial charge in [0.15, 0.2) is 0 Å². The van der Waals surface area contributed by atoms with Gasteiger partial charge in [0.2, 0.25) is 15.9 Å². The first-order chi connectivity index (χ1) is 12.6. The van der Waals surface area contributed by atoms with E-state index in [0.717, 1.165) is 18.4 Å². The Hall–Kier alpha value is -2.03. The maximum atomic E-state index is 12.6. The molecule has 0 radical (unpaired) electrons. The summed E-state index contributed by atoms with van der Waals surface area (Å²) >= 11 is 1.59. The van der Waals surface area contributed by atoms with Gasteiger partial charge in [-0.3, -0.25) is 9.78 Å². The molecule has 0 saturated carbocycles. The van der Waals surface area contributed by atoms with Crippen LogP contribution >= 0.6 is 11.3 Å². The van der Waals surface area contributed by atoms with E-state index in [4.69, 9.17) is 0 Å². The molecular weight excluding hydrogens is 370 g/mol. The van der Waals surface area contributed by atoms with Crippen molar-refractivity contribution in [3.8, 4) is 0 Å². The Labute approximate surface area is 157 Å². The first-order valence-corrected chi connectivity index (χ1v) is 10.8. The van der Waals surface area contributed by atoms with Crippen molar-refractivity contribution >= 4 is 33.3 Å². The Morgan fingerprint density at radius 2 is 2.15 bits per heavy atom. The average Bonchev–Trinajstić information content (AvgIpc) is 3.19. The SMILES string of the molecule is O=C(C=Cc1ccsc1)NCC1CCN(S(=O)(=O)c2cccnc2)CC1. The van der Waals surface area contributed by atoms with E-state index in [1.54, 1.807) is 35.7 Å². The van der Waals surface area contributed by atoms with Gasteiger partial charge in [-0.2, -0.15) is 15.6 Å². The Morgan fingerprint density at radius 3 is 2.81 bits per heavy atom. The zero-order chi connectivity index (χ0) is 18.4. The molecule has 2 aromatic rings. The number of nitrogens with zero attached hydrogens (tertiary/aromatic N) is 2. The van der Waals surface area contributed by atoms with Crippen LogP contribution in [0.4, 0.5) is 0 Å². The molecule has 0 atom stereocenters. The molecule has 1 amide bonds. The number of thiophene rings is 1. The highest BCUT2D eigenvalue weighted by molar-refractivity contribution is 7.89. The summed E-state index contributed by atoms with van der Waals surface area (Å²) in [6, 6.07) is 5.14. The lowest BCUT2D eigenvalue weighted by atomic mass is 9.98. The van der Waals surface area contributed by atoms with Crippen LogP contribution in [0.2, 0.25) is 0 Å². The molecule has 6 nitrogen and oxygen atoms in total. The number of carbonyl (C=O) groups is 1. The smallest absolute Gasteiger partial charge is 0.244 e. The molecule has 3 rings (SSSR count). The summed E-state index contributed by atoms with van der Waals surface area (Å²) in [6.07, 6.45) is 7.71. The molecular formula is C18H21N3O3S2. The molecule has 0 unspecified atom stereocenters. The second-order valence-corrected chi connectivity index (χ2v) is 8.89. The van der Waals surface area contributed by atoms with Gasteiger partial charge in [0.1, 0.15) is 4.90 Å². The molecule has 8 heteroatoms. The van der Waals surface area contributed by atoms with E-state index in [1.807, 2.05) is 16.8 Å². The Morgan fingerprint density at radius 1 is 1.35 bits per heavy atom. The predicted molar refractivity (Wildman–Crippen MR) is 102 cm³/mol. The molecule has 1 aliphatic heterocycles. The van der Waals surface area contributed by atoms with Crippen molar-refractivity contribution in [3.05, 3.63) is 53.0 Å². The molecule has 1 N–H and O–H groups in total. The molecule has 0 bridgehead atoms. The van der Waals surface area contributed by atoms with Crippen LogP contribution < -0.4 is 5.32 Å². The first kappa shape index (κ1) is 18.8. The summed E-state index contributed by atoms with van der Waals surface area (Å²) in [7, 11) is -3.48. The lowest BCUT2D eigenvalue weighted by molar-refractivity contribution is -0.116.